The first-order valence-corrected chi connectivity index (χ1v) is 4.85. The molecule has 94 valence electrons. The summed E-state index contributed by atoms with van der Waals surface area (Å²) < 4.78 is 31.1. The van der Waals surface area contributed by atoms with Crippen molar-refractivity contribution in [1.82, 2.24) is 0 Å². The fourth-order valence-corrected chi connectivity index (χ4v) is 1.41. The maximum atomic E-state index is 13.4. The first-order valence-electron chi connectivity index (χ1n) is 4.85. The highest BCUT2D eigenvalue weighted by molar-refractivity contribution is 5.70. The summed E-state index contributed by atoms with van der Waals surface area (Å²) in [5.41, 5.74) is -0.266. The van der Waals surface area contributed by atoms with Gasteiger partial charge in [0.25, 0.3) is 0 Å². The molecule has 0 heterocycles. The standard InChI is InChI=1S/C11H12F2O4/c1-5(11(15)16)3-6-7(12)4-8(13)10(17-2)9(6)14/h4-5,14H,3H2,1-2H3,(H,15,16). The number of phenols is 1. The van der Waals surface area contributed by atoms with Gasteiger partial charge >= 0.3 is 5.97 Å². The highest BCUT2D eigenvalue weighted by Crippen LogP contribution is 2.35. The van der Waals surface area contributed by atoms with Crippen LogP contribution < -0.4 is 4.74 Å². The summed E-state index contributed by atoms with van der Waals surface area (Å²) >= 11 is 0. The van der Waals surface area contributed by atoms with Crippen LogP contribution in [0.5, 0.6) is 11.5 Å². The van der Waals surface area contributed by atoms with Crippen LogP contribution in [0.1, 0.15) is 12.5 Å². The number of phenolic OH excluding ortho intramolecular Hbond substituents is 1. The van der Waals surface area contributed by atoms with Gasteiger partial charge in [-0.25, -0.2) is 8.78 Å². The number of halogens is 2. The molecule has 1 unspecified atom stereocenters. The Kier molecular flexibility index (Phi) is 3.88. The largest absolute Gasteiger partial charge is 0.504 e. The minimum absolute atomic E-state index is 0.246. The predicted octanol–water partition coefficient (Wildman–Crippen LogP) is 1.94. The number of ether oxygens (including phenoxy) is 1. The van der Waals surface area contributed by atoms with E-state index in [9.17, 15) is 18.7 Å². The van der Waals surface area contributed by atoms with Crippen LogP contribution in [0.3, 0.4) is 0 Å². The Labute approximate surface area is 96.5 Å². The first-order chi connectivity index (χ1) is 7.88. The average molecular weight is 246 g/mol. The number of hydrogen-bond acceptors (Lipinski definition) is 3. The van der Waals surface area contributed by atoms with Crippen molar-refractivity contribution in [2.45, 2.75) is 13.3 Å². The van der Waals surface area contributed by atoms with E-state index in [1.54, 1.807) is 0 Å². The van der Waals surface area contributed by atoms with E-state index in [4.69, 9.17) is 5.11 Å². The van der Waals surface area contributed by atoms with Gasteiger partial charge in [-0.1, -0.05) is 6.92 Å². The van der Waals surface area contributed by atoms with Gasteiger partial charge in [-0.05, 0) is 6.42 Å². The van der Waals surface area contributed by atoms with E-state index >= 15 is 0 Å². The van der Waals surface area contributed by atoms with Crippen LogP contribution >= 0.6 is 0 Å². The van der Waals surface area contributed by atoms with Crippen molar-refractivity contribution in [3.8, 4) is 11.5 Å². The minimum atomic E-state index is -1.13. The smallest absolute Gasteiger partial charge is 0.306 e. The molecule has 0 saturated heterocycles. The lowest BCUT2D eigenvalue weighted by atomic mass is 9.99. The van der Waals surface area contributed by atoms with Crippen LogP contribution in [-0.4, -0.2) is 23.3 Å². The van der Waals surface area contributed by atoms with Gasteiger partial charge in [-0.15, -0.1) is 0 Å². The first kappa shape index (κ1) is 13.2. The van der Waals surface area contributed by atoms with Crippen molar-refractivity contribution in [3.05, 3.63) is 23.3 Å². The molecule has 0 aliphatic heterocycles. The molecule has 1 atom stereocenters. The van der Waals surface area contributed by atoms with E-state index in [1.165, 1.54) is 6.92 Å². The van der Waals surface area contributed by atoms with Crippen LogP contribution in [-0.2, 0) is 11.2 Å². The Morgan fingerprint density at radius 3 is 2.53 bits per heavy atom. The van der Waals surface area contributed by atoms with Crippen molar-refractivity contribution in [3.63, 3.8) is 0 Å². The number of hydrogen-bond donors (Lipinski definition) is 2. The molecule has 1 aromatic rings. The summed E-state index contributed by atoms with van der Waals surface area (Å²) in [4.78, 5) is 10.6. The second-order valence-electron chi connectivity index (χ2n) is 3.64. The molecule has 0 aliphatic carbocycles. The maximum Gasteiger partial charge on any atom is 0.306 e. The summed E-state index contributed by atoms with van der Waals surface area (Å²) in [6, 6.07) is 0.558. The predicted molar refractivity (Wildman–Crippen MR) is 55.1 cm³/mol. The molecule has 0 bridgehead atoms. The second-order valence-corrected chi connectivity index (χ2v) is 3.64. The molecule has 0 aromatic heterocycles. The number of carbonyl (C=O) groups is 1. The number of aromatic hydroxyl groups is 1. The fourth-order valence-electron chi connectivity index (χ4n) is 1.41. The molecule has 0 saturated carbocycles. The molecule has 17 heavy (non-hydrogen) atoms. The molecule has 4 nitrogen and oxygen atoms in total. The normalized spacial score (nSPS) is 12.2. The SMILES string of the molecule is COc1c(F)cc(F)c(CC(C)C(=O)O)c1O. The zero-order chi connectivity index (χ0) is 13.2. The summed E-state index contributed by atoms with van der Waals surface area (Å²) in [5.74, 6) is -5.24. The highest BCUT2D eigenvalue weighted by Gasteiger charge is 2.22. The number of aliphatic carboxylic acids is 1. The lowest BCUT2D eigenvalue weighted by molar-refractivity contribution is -0.141. The van der Waals surface area contributed by atoms with E-state index in [2.05, 4.69) is 4.74 Å². The number of methoxy groups -OCH3 is 1. The monoisotopic (exact) mass is 246 g/mol. The summed E-state index contributed by atoms with van der Waals surface area (Å²) in [6.45, 7) is 1.36. The molecule has 2 N–H and O–H groups in total. The van der Waals surface area contributed by atoms with Gasteiger partial charge in [0, 0.05) is 11.6 Å². The van der Waals surface area contributed by atoms with Crippen LogP contribution in [0.4, 0.5) is 8.78 Å². The fraction of sp³-hybridized carbons (Fsp3) is 0.364. The third-order valence-electron chi connectivity index (χ3n) is 2.40. The van der Waals surface area contributed by atoms with Gasteiger partial charge in [0.05, 0.1) is 13.0 Å². The number of carboxylic acids is 1. The third-order valence-corrected chi connectivity index (χ3v) is 2.40. The van der Waals surface area contributed by atoms with E-state index in [1.807, 2.05) is 0 Å². The topological polar surface area (TPSA) is 66.8 Å². The van der Waals surface area contributed by atoms with Gasteiger partial charge in [-0.3, -0.25) is 4.79 Å². The van der Waals surface area contributed by atoms with E-state index in [0.717, 1.165) is 7.11 Å². The molecule has 0 radical (unpaired) electrons. The molecular weight excluding hydrogens is 234 g/mol. The molecule has 0 amide bonds. The van der Waals surface area contributed by atoms with E-state index in [0.29, 0.717) is 6.07 Å². The minimum Gasteiger partial charge on any atom is -0.504 e. The molecule has 0 fully saturated rings. The van der Waals surface area contributed by atoms with Crippen LogP contribution in [0.25, 0.3) is 0 Å². The average Bonchev–Trinajstić information content (AvgIpc) is 2.24. The van der Waals surface area contributed by atoms with Gasteiger partial charge in [-0.2, -0.15) is 0 Å². The molecule has 1 rings (SSSR count). The van der Waals surface area contributed by atoms with E-state index < -0.39 is 35.0 Å². The Morgan fingerprint density at radius 1 is 1.47 bits per heavy atom. The van der Waals surface area contributed by atoms with Gasteiger partial charge in [0.2, 0.25) is 0 Å². The number of carboxylic acid groups (broad SMARTS) is 1. The maximum absolute atomic E-state index is 13.4. The summed E-state index contributed by atoms with van der Waals surface area (Å²) in [7, 11) is 1.13. The Morgan fingerprint density at radius 2 is 2.06 bits per heavy atom. The Bertz CT molecular complexity index is 446. The number of rotatable bonds is 4. The van der Waals surface area contributed by atoms with Crippen LogP contribution in [0, 0.1) is 17.6 Å². The third kappa shape index (κ3) is 2.64. The molecular formula is C11H12F2O4. The van der Waals surface area contributed by atoms with Crippen molar-refractivity contribution in [2.24, 2.45) is 5.92 Å². The second kappa shape index (κ2) is 4.99. The van der Waals surface area contributed by atoms with Crippen LogP contribution in [0.15, 0.2) is 6.07 Å². The van der Waals surface area contributed by atoms with Crippen molar-refractivity contribution in [1.29, 1.82) is 0 Å². The van der Waals surface area contributed by atoms with Crippen LogP contribution in [0.2, 0.25) is 0 Å². The Hall–Kier alpha value is -1.85. The number of benzene rings is 1. The zero-order valence-corrected chi connectivity index (χ0v) is 9.33. The van der Waals surface area contributed by atoms with E-state index in [-0.39, 0.29) is 12.0 Å². The zero-order valence-electron chi connectivity index (χ0n) is 9.33. The van der Waals surface area contributed by atoms with Gasteiger partial charge in [0.1, 0.15) is 5.82 Å². The molecule has 0 aliphatic rings. The Balaban J connectivity index is 3.20. The van der Waals surface area contributed by atoms with Crippen molar-refractivity contribution in [2.75, 3.05) is 7.11 Å². The lowest BCUT2D eigenvalue weighted by Crippen LogP contribution is -2.13. The van der Waals surface area contributed by atoms with Gasteiger partial charge < -0.3 is 14.9 Å². The molecule has 6 heteroatoms. The quantitative estimate of drug-likeness (QED) is 0.852. The van der Waals surface area contributed by atoms with Crippen molar-refractivity contribution < 1.29 is 28.5 Å². The lowest BCUT2D eigenvalue weighted by Gasteiger charge is -2.12. The molecule has 0 spiro atoms. The van der Waals surface area contributed by atoms with Crippen molar-refractivity contribution >= 4 is 5.97 Å². The summed E-state index contributed by atoms with van der Waals surface area (Å²) in [5, 5.41) is 18.3. The molecule has 1 aromatic carbocycles. The van der Waals surface area contributed by atoms with Gasteiger partial charge in [0.15, 0.2) is 17.3 Å². The highest BCUT2D eigenvalue weighted by atomic mass is 19.1. The summed E-state index contributed by atoms with van der Waals surface area (Å²) in [6.07, 6.45) is -0.246.